The molecule has 2 aromatic rings. The third-order valence-electron chi connectivity index (χ3n) is 2.03. The highest BCUT2D eigenvalue weighted by atomic mass is 35.5. The van der Waals surface area contributed by atoms with Gasteiger partial charge in [0.15, 0.2) is 0 Å². The number of likely N-dealkylation sites (N-methyl/N-ethyl adjacent to an activating group) is 1. The minimum absolute atomic E-state index is 0.0621. The summed E-state index contributed by atoms with van der Waals surface area (Å²) in [7, 11) is 1.84. The lowest BCUT2D eigenvalue weighted by Crippen LogP contribution is -2.24. The number of anilines is 1. The number of aromatic nitrogens is 4. The van der Waals surface area contributed by atoms with Crippen LogP contribution in [0.15, 0.2) is 12.4 Å². The normalized spacial score (nSPS) is 10.9. The van der Waals surface area contributed by atoms with E-state index in [4.69, 9.17) is 16.7 Å². The molecule has 0 aliphatic heterocycles. The molecule has 80 valence electrons. The summed E-state index contributed by atoms with van der Waals surface area (Å²) in [4.78, 5) is 9.78. The maximum Gasteiger partial charge on any atom is 0.255 e. The highest BCUT2D eigenvalue weighted by molar-refractivity contribution is 6.29. The van der Waals surface area contributed by atoms with E-state index in [1.54, 1.807) is 10.6 Å². The van der Waals surface area contributed by atoms with Crippen LogP contribution in [0, 0.1) is 0 Å². The first-order chi connectivity index (χ1) is 7.22. The van der Waals surface area contributed by atoms with E-state index >= 15 is 0 Å². The Balaban J connectivity index is 2.52. The lowest BCUT2D eigenvalue weighted by Gasteiger charge is -2.18. The molecule has 0 saturated heterocycles. The third-order valence-corrected chi connectivity index (χ3v) is 2.22. The van der Waals surface area contributed by atoms with Crippen LogP contribution in [0.2, 0.25) is 5.15 Å². The summed E-state index contributed by atoms with van der Waals surface area (Å²) < 4.78 is 1.57. The van der Waals surface area contributed by atoms with Crippen molar-refractivity contribution in [1.82, 2.24) is 19.6 Å². The summed E-state index contributed by atoms with van der Waals surface area (Å²) >= 11 is 5.84. The standard InChI is InChI=1S/C8H10ClN5O/c1-13(2-3-15)7-4-6(9)12-8-10-5-11-14(7)8/h4-5,15H,2-3H2,1H3. The predicted molar refractivity (Wildman–Crippen MR) is 56.1 cm³/mol. The molecular weight excluding hydrogens is 218 g/mol. The van der Waals surface area contributed by atoms with Gasteiger partial charge in [-0.15, -0.1) is 0 Å². The van der Waals surface area contributed by atoms with E-state index in [9.17, 15) is 0 Å². The summed E-state index contributed by atoms with van der Waals surface area (Å²) in [6, 6.07) is 1.68. The molecule has 0 atom stereocenters. The van der Waals surface area contributed by atoms with Crippen molar-refractivity contribution in [2.45, 2.75) is 0 Å². The van der Waals surface area contributed by atoms with Crippen LogP contribution >= 0.6 is 11.6 Å². The van der Waals surface area contributed by atoms with Crippen molar-refractivity contribution >= 4 is 23.2 Å². The highest BCUT2D eigenvalue weighted by Crippen LogP contribution is 2.17. The van der Waals surface area contributed by atoms with E-state index in [1.807, 2.05) is 11.9 Å². The van der Waals surface area contributed by atoms with Gasteiger partial charge in [0.05, 0.1) is 6.61 Å². The molecule has 0 radical (unpaired) electrons. The van der Waals surface area contributed by atoms with E-state index in [0.29, 0.717) is 17.5 Å². The van der Waals surface area contributed by atoms with Crippen LogP contribution < -0.4 is 4.90 Å². The minimum atomic E-state index is 0.0621. The molecule has 0 unspecified atom stereocenters. The van der Waals surface area contributed by atoms with Crippen LogP contribution in [-0.4, -0.2) is 44.9 Å². The molecule has 15 heavy (non-hydrogen) atoms. The van der Waals surface area contributed by atoms with Gasteiger partial charge in [-0.1, -0.05) is 11.6 Å². The zero-order valence-electron chi connectivity index (χ0n) is 8.13. The highest BCUT2D eigenvalue weighted by Gasteiger charge is 2.09. The average Bonchev–Trinajstić information content (AvgIpc) is 2.64. The van der Waals surface area contributed by atoms with Gasteiger partial charge >= 0.3 is 0 Å². The molecule has 7 heteroatoms. The average molecular weight is 228 g/mol. The van der Waals surface area contributed by atoms with Gasteiger partial charge in [-0.05, 0) is 0 Å². The number of fused-ring (bicyclic) bond motifs is 1. The quantitative estimate of drug-likeness (QED) is 0.760. The van der Waals surface area contributed by atoms with Gasteiger partial charge in [0.2, 0.25) is 0 Å². The van der Waals surface area contributed by atoms with Crippen LogP contribution in [0.25, 0.3) is 5.78 Å². The monoisotopic (exact) mass is 227 g/mol. The van der Waals surface area contributed by atoms with E-state index in [2.05, 4.69) is 15.1 Å². The maximum atomic E-state index is 8.85. The Morgan fingerprint density at radius 1 is 1.60 bits per heavy atom. The number of hydrogen-bond acceptors (Lipinski definition) is 5. The molecule has 0 aliphatic rings. The second kappa shape index (κ2) is 4.00. The molecule has 6 nitrogen and oxygen atoms in total. The minimum Gasteiger partial charge on any atom is -0.395 e. The zero-order chi connectivity index (χ0) is 10.8. The topological polar surface area (TPSA) is 66.5 Å². The Kier molecular flexibility index (Phi) is 2.70. The van der Waals surface area contributed by atoms with Crippen molar-refractivity contribution in [2.75, 3.05) is 25.1 Å². The van der Waals surface area contributed by atoms with Crippen molar-refractivity contribution in [3.8, 4) is 0 Å². The molecule has 0 aliphatic carbocycles. The van der Waals surface area contributed by atoms with E-state index < -0.39 is 0 Å². The number of rotatable bonds is 3. The Bertz CT molecular complexity index is 471. The fraction of sp³-hybridized carbons (Fsp3) is 0.375. The van der Waals surface area contributed by atoms with Gasteiger partial charge in [-0.3, -0.25) is 0 Å². The summed E-state index contributed by atoms with van der Waals surface area (Å²) in [5, 5.41) is 13.2. The second-order valence-electron chi connectivity index (χ2n) is 3.05. The van der Waals surface area contributed by atoms with Crippen LogP contribution in [0.3, 0.4) is 0 Å². The van der Waals surface area contributed by atoms with Gasteiger partial charge in [0.1, 0.15) is 17.3 Å². The number of halogens is 1. The second-order valence-corrected chi connectivity index (χ2v) is 3.44. The number of aliphatic hydroxyl groups is 1. The van der Waals surface area contributed by atoms with Gasteiger partial charge in [0, 0.05) is 19.7 Å². The maximum absolute atomic E-state index is 8.85. The van der Waals surface area contributed by atoms with Gasteiger partial charge in [-0.25, -0.2) is 0 Å². The number of hydrogen-bond donors (Lipinski definition) is 1. The molecule has 0 spiro atoms. The lowest BCUT2D eigenvalue weighted by molar-refractivity contribution is 0.303. The molecule has 0 bridgehead atoms. The summed E-state index contributed by atoms with van der Waals surface area (Å²) in [6.45, 7) is 0.557. The molecule has 0 fully saturated rings. The van der Waals surface area contributed by atoms with Crippen LogP contribution in [0.5, 0.6) is 0 Å². The molecule has 0 saturated carbocycles. The fourth-order valence-electron chi connectivity index (χ4n) is 1.31. The van der Waals surface area contributed by atoms with Gasteiger partial charge in [0.25, 0.3) is 5.78 Å². The fourth-order valence-corrected chi connectivity index (χ4v) is 1.48. The van der Waals surface area contributed by atoms with Gasteiger partial charge < -0.3 is 10.0 Å². The van der Waals surface area contributed by atoms with Crippen molar-refractivity contribution in [2.24, 2.45) is 0 Å². The number of nitrogens with zero attached hydrogens (tertiary/aromatic N) is 5. The Morgan fingerprint density at radius 2 is 2.40 bits per heavy atom. The van der Waals surface area contributed by atoms with E-state index in [0.717, 1.165) is 5.82 Å². The molecule has 1 N–H and O–H groups in total. The zero-order valence-corrected chi connectivity index (χ0v) is 8.89. The first-order valence-electron chi connectivity index (χ1n) is 4.40. The predicted octanol–water partition coefficient (Wildman–Crippen LogP) is 0.206. The molecule has 0 aromatic carbocycles. The molecule has 0 amide bonds. The molecule has 2 heterocycles. The van der Waals surface area contributed by atoms with Crippen molar-refractivity contribution in [3.05, 3.63) is 17.5 Å². The Labute approximate surface area is 91.1 Å². The van der Waals surface area contributed by atoms with Crippen LogP contribution in [-0.2, 0) is 0 Å². The SMILES string of the molecule is CN(CCO)c1cc(Cl)nc2ncnn12. The van der Waals surface area contributed by atoms with Crippen LogP contribution in [0.1, 0.15) is 0 Å². The largest absolute Gasteiger partial charge is 0.395 e. The molecule has 2 aromatic heterocycles. The van der Waals surface area contributed by atoms with Crippen molar-refractivity contribution in [3.63, 3.8) is 0 Å². The Hall–Kier alpha value is -1.40. The summed E-state index contributed by atoms with van der Waals surface area (Å²) in [6.07, 6.45) is 1.41. The first kappa shape index (κ1) is 10.1. The van der Waals surface area contributed by atoms with Crippen molar-refractivity contribution < 1.29 is 5.11 Å². The van der Waals surface area contributed by atoms with E-state index in [-0.39, 0.29) is 6.61 Å². The molecular formula is C8H10ClN5O. The third kappa shape index (κ3) is 1.86. The Morgan fingerprint density at radius 3 is 3.13 bits per heavy atom. The van der Waals surface area contributed by atoms with Crippen molar-refractivity contribution in [1.29, 1.82) is 0 Å². The van der Waals surface area contributed by atoms with Crippen LogP contribution in [0.4, 0.5) is 5.82 Å². The van der Waals surface area contributed by atoms with Gasteiger partial charge in [-0.2, -0.15) is 19.6 Å². The molecule has 2 rings (SSSR count). The lowest BCUT2D eigenvalue weighted by atomic mass is 10.5. The number of aliphatic hydroxyl groups excluding tert-OH is 1. The summed E-state index contributed by atoms with van der Waals surface area (Å²) in [5.41, 5.74) is 0. The summed E-state index contributed by atoms with van der Waals surface area (Å²) in [5.74, 6) is 1.19. The first-order valence-corrected chi connectivity index (χ1v) is 4.78. The van der Waals surface area contributed by atoms with E-state index in [1.165, 1.54) is 6.33 Å². The smallest absolute Gasteiger partial charge is 0.255 e.